The van der Waals surface area contributed by atoms with Crippen molar-refractivity contribution >= 4 is 0 Å². The minimum Gasteiger partial charge on any atom is -0.490 e. The molecule has 1 aliphatic carbocycles. The highest BCUT2D eigenvalue weighted by molar-refractivity contribution is 5.26. The molecule has 0 bridgehead atoms. The summed E-state index contributed by atoms with van der Waals surface area (Å²) in [4.78, 5) is 2.16. The molecule has 1 unspecified atom stereocenters. The summed E-state index contributed by atoms with van der Waals surface area (Å²) in [6.45, 7) is 11.7. The molecule has 1 aromatic rings. The summed E-state index contributed by atoms with van der Waals surface area (Å²) in [6, 6.07) is 7.84. The van der Waals surface area contributed by atoms with E-state index in [4.69, 9.17) is 9.47 Å². The molecule has 1 heterocycles. The van der Waals surface area contributed by atoms with Gasteiger partial charge in [-0.3, -0.25) is 4.90 Å². The fourth-order valence-electron chi connectivity index (χ4n) is 4.67. The van der Waals surface area contributed by atoms with Crippen LogP contribution in [0.5, 0.6) is 5.75 Å². The number of aliphatic hydroxyl groups is 2. The van der Waals surface area contributed by atoms with Gasteiger partial charge in [0, 0.05) is 19.6 Å². The van der Waals surface area contributed by atoms with E-state index in [-0.39, 0.29) is 13.2 Å². The van der Waals surface area contributed by atoms with Crippen molar-refractivity contribution in [2.75, 3.05) is 39.5 Å². The van der Waals surface area contributed by atoms with E-state index in [0.29, 0.717) is 31.0 Å². The molecule has 5 nitrogen and oxygen atoms in total. The number of nitrogens with zero attached hydrogens (tertiary/aromatic N) is 1. The second-order valence-electron chi connectivity index (χ2n) is 10.5. The zero-order valence-electron chi connectivity index (χ0n) is 18.6. The van der Waals surface area contributed by atoms with Crippen LogP contribution in [0.2, 0.25) is 0 Å². The Morgan fingerprint density at radius 3 is 2.38 bits per heavy atom. The fraction of sp³-hybridized carbons (Fsp3) is 0.750. The number of hydrogen-bond donors (Lipinski definition) is 2. The van der Waals surface area contributed by atoms with Gasteiger partial charge in [0.1, 0.15) is 18.0 Å². The lowest BCUT2D eigenvalue weighted by Crippen LogP contribution is -2.53. The Morgan fingerprint density at radius 2 is 1.76 bits per heavy atom. The van der Waals surface area contributed by atoms with Crippen LogP contribution < -0.4 is 4.74 Å². The SMILES string of the molecule is Cc1ccc(OCC2(O)COCCN(CC3(O)CCC(C(C)(C)C)CC3)C2)cc1. The van der Waals surface area contributed by atoms with E-state index in [1.807, 2.05) is 31.2 Å². The maximum atomic E-state index is 11.2. The first-order chi connectivity index (χ1) is 13.6. The van der Waals surface area contributed by atoms with Gasteiger partial charge in [0.15, 0.2) is 0 Å². The quantitative estimate of drug-likeness (QED) is 0.786. The van der Waals surface area contributed by atoms with Gasteiger partial charge in [-0.2, -0.15) is 0 Å². The predicted octanol–water partition coefficient (Wildman–Crippen LogP) is 3.40. The summed E-state index contributed by atoms with van der Waals surface area (Å²) >= 11 is 0. The van der Waals surface area contributed by atoms with Crippen molar-refractivity contribution in [3.05, 3.63) is 29.8 Å². The Bertz CT molecular complexity index is 646. The Morgan fingerprint density at radius 1 is 1.10 bits per heavy atom. The highest BCUT2D eigenvalue weighted by Crippen LogP contribution is 2.41. The number of benzene rings is 1. The van der Waals surface area contributed by atoms with Crippen LogP contribution in [0.3, 0.4) is 0 Å². The van der Waals surface area contributed by atoms with E-state index in [9.17, 15) is 10.2 Å². The summed E-state index contributed by atoms with van der Waals surface area (Å²) < 4.78 is 11.5. The number of hydrogen-bond acceptors (Lipinski definition) is 5. The minimum atomic E-state index is -1.08. The van der Waals surface area contributed by atoms with Crippen molar-refractivity contribution in [2.45, 2.75) is 64.6 Å². The molecule has 1 atom stereocenters. The lowest BCUT2D eigenvalue weighted by molar-refractivity contribution is -0.0807. The number of aryl methyl sites for hydroxylation is 1. The van der Waals surface area contributed by atoms with Crippen LogP contribution >= 0.6 is 0 Å². The zero-order chi connectivity index (χ0) is 21.1. The van der Waals surface area contributed by atoms with Crippen molar-refractivity contribution < 1.29 is 19.7 Å². The maximum Gasteiger partial charge on any atom is 0.134 e. The smallest absolute Gasteiger partial charge is 0.134 e. The van der Waals surface area contributed by atoms with Crippen LogP contribution in [-0.2, 0) is 4.74 Å². The Kier molecular flexibility index (Phi) is 6.94. The van der Waals surface area contributed by atoms with E-state index in [2.05, 4.69) is 25.7 Å². The van der Waals surface area contributed by atoms with Crippen LogP contribution in [0.1, 0.15) is 52.0 Å². The molecule has 2 aliphatic rings. The number of rotatable bonds is 5. The molecule has 0 amide bonds. The van der Waals surface area contributed by atoms with Crippen LogP contribution in [-0.4, -0.2) is 65.8 Å². The topological polar surface area (TPSA) is 62.2 Å². The largest absolute Gasteiger partial charge is 0.490 e. The van der Waals surface area contributed by atoms with Gasteiger partial charge < -0.3 is 19.7 Å². The van der Waals surface area contributed by atoms with E-state index < -0.39 is 11.2 Å². The molecule has 3 rings (SSSR count). The van der Waals surface area contributed by atoms with Crippen LogP contribution in [0, 0.1) is 18.3 Å². The lowest BCUT2D eigenvalue weighted by atomic mass is 9.68. The average Bonchev–Trinajstić information content (AvgIpc) is 2.82. The molecule has 1 saturated heterocycles. The Labute approximate surface area is 176 Å². The van der Waals surface area contributed by atoms with Crippen molar-refractivity contribution in [3.8, 4) is 5.75 Å². The van der Waals surface area contributed by atoms with Crippen molar-refractivity contribution in [1.29, 1.82) is 0 Å². The van der Waals surface area contributed by atoms with Crippen molar-refractivity contribution in [1.82, 2.24) is 4.90 Å². The monoisotopic (exact) mass is 405 g/mol. The van der Waals surface area contributed by atoms with Gasteiger partial charge in [-0.15, -0.1) is 0 Å². The van der Waals surface area contributed by atoms with Gasteiger partial charge in [0.25, 0.3) is 0 Å². The van der Waals surface area contributed by atoms with Crippen molar-refractivity contribution in [2.24, 2.45) is 11.3 Å². The molecule has 1 saturated carbocycles. The van der Waals surface area contributed by atoms with Gasteiger partial charge >= 0.3 is 0 Å². The van der Waals surface area contributed by atoms with Gasteiger partial charge in [-0.1, -0.05) is 38.5 Å². The first kappa shape index (κ1) is 22.5. The van der Waals surface area contributed by atoms with E-state index in [0.717, 1.165) is 38.0 Å². The number of β-amino-alcohol motifs (C(OH)–C–C–N with tert-alkyl or cyclic N) is 2. The van der Waals surface area contributed by atoms with E-state index >= 15 is 0 Å². The maximum absolute atomic E-state index is 11.2. The van der Waals surface area contributed by atoms with Gasteiger partial charge in [0.2, 0.25) is 0 Å². The molecule has 29 heavy (non-hydrogen) atoms. The van der Waals surface area contributed by atoms with Gasteiger partial charge in [0.05, 0.1) is 18.8 Å². The molecule has 0 aromatic heterocycles. The first-order valence-corrected chi connectivity index (χ1v) is 11.0. The highest BCUT2D eigenvalue weighted by Gasteiger charge is 2.41. The van der Waals surface area contributed by atoms with Gasteiger partial charge in [-0.05, 0) is 56.1 Å². The predicted molar refractivity (Wildman–Crippen MR) is 115 cm³/mol. The molecular formula is C24H39NO4. The van der Waals surface area contributed by atoms with Crippen LogP contribution in [0.15, 0.2) is 24.3 Å². The molecule has 164 valence electrons. The molecule has 0 spiro atoms. The summed E-state index contributed by atoms with van der Waals surface area (Å²) in [5.41, 5.74) is -0.286. The third-order valence-corrected chi connectivity index (χ3v) is 6.63. The Balaban J connectivity index is 1.56. The third kappa shape index (κ3) is 6.42. The molecule has 5 heteroatoms. The average molecular weight is 406 g/mol. The number of ether oxygens (including phenoxy) is 2. The second kappa shape index (κ2) is 8.93. The van der Waals surface area contributed by atoms with Crippen LogP contribution in [0.4, 0.5) is 0 Å². The third-order valence-electron chi connectivity index (χ3n) is 6.63. The summed E-state index contributed by atoms with van der Waals surface area (Å²) in [5, 5.41) is 22.3. The van der Waals surface area contributed by atoms with Crippen molar-refractivity contribution in [3.63, 3.8) is 0 Å². The lowest BCUT2D eigenvalue weighted by Gasteiger charge is -2.43. The molecule has 0 radical (unpaired) electrons. The molecule has 1 aromatic carbocycles. The van der Waals surface area contributed by atoms with Crippen LogP contribution in [0.25, 0.3) is 0 Å². The summed E-state index contributed by atoms with van der Waals surface area (Å²) in [7, 11) is 0. The molecule has 2 fully saturated rings. The molecule has 1 aliphatic heterocycles. The summed E-state index contributed by atoms with van der Waals surface area (Å²) in [5.74, 6) is 1.41. The minimum absolute atomic E-state index is 0.178. The van der Waals surface area contributed by atoms with Gasteiger partial charge in [-0.25, -0.2) is 0 Å². The van der Waals surface area contributed by atoms with E-state index in [1.54, 1.807) is 0 Å². The standard InChI is InChI=1S/C24H39NO4/c1-19-5-7-21(8-6-19)29-18-24(27)16-25(13-14-28-17-24)15-23(26)11-9-20(10-12-23)22(2,3)4/h5-8,20,26-27H,9-18H2,1-4H3. The second-order valence-corrected chi connectivity index (χ2v) is 10.5. The Hall–Kier alpha value is -1.14. The zero-order valence-corrected chi connectivity index (χ0v) is 18.6. The summed E-state index contributed by atoms with van der Waals surface area (Å²) in [6.07, 6.45) is 3.77. The normalized spacial score (nSPS) is 32.0. The fourth-order valence-corrected chi connectivity index (χ4v) is 4.67. The molecule has 2 N–H and O–H groups in total. The molecular weight excluding hydrogens is 366 g/mol. The highest BCUT2D eigenvalue weighted by atomic mass is 16.5. The van der Waals surface area contributed by atoms with E-state index in [1.165, 1.54) is 5.56 Å². The first-order valence-electron chi connectivity index (χ1n) is 11.0.